The maximum Gasteiger partial charge on any atom is 0.200 e. The molecule has 0 spiro atoms. The van der Waals surface area contributed by atoms with Crippen LogP contribution in [-0.2, 0) is 6.54 Å². The SMILES string of the molecule is N#C/C(=C\c1cccc(Br)c1)C(=S)NCc1cc(O)c(O)c(O)c1. The van der Waals surface area contributed by atoms with Crippen molar-refractivity contribution < 1.29 is 15.3 Å². The molecule has 122 valence electrons. The first-order valence-corrected chi connectivity index (χ1v) is 8.00. The van der Waals surface area contributed by atoms with Crippen molar-refractivity contribution in [1.82, 2.24) is 5.32 Å². The monoisotopic (exact) mass is 404 g/mol. The van der Waals surface area contributed by atoms with Crippen LogP contribution < -0.4 is 5.32 Å². The van der Waals surface area contributed by atoms with Crippen LogP contribution in [0.5, 0.6) is 17.2 Å². The third kappa shape index (κ3) is 4.47. The van der Waals surface area contributed by atoms with Crippen molar-refractivity contribution in [2.24, 2.45) is 0 Å². The lowest BCUT2D eigenvalue weighted by molar-refractivity contribution is 0.367. The summed E-state index contributed by atoms with van der Waals surface area (Å²) in [6.07, 6.45) is 1.66. The minimum atomic E-state index is -0.575. The van der Waals surface area contributed by atoms with E-state index in [-0.39, 0.29) is 17.1 Å². The molecule has 2 rings (SSSR count). The quantitative estimate of drug-likeness (QED) is 0.269. The van der Waals surface area contributed by atoms with Crippen LogP contribution in [0, 0.1) is 11.3 Å². The summed E-state index contributed by atoms with van der Waals surface area (Å²) in [6, 6.07) is 12.1. The number of benzene rings is 2. The van der Waals surface area contributed by atoms with E-state index in [0.717, 1.165) is 10.0 Å². The van der Waals surface area contributed by atoms with E-state index >= 15 is 0 Å². The maximum absolute atomic E-state index is 9.48. The fourth-order valence-electron chi connectivity index (χ4n) is 1.95. The largest absolute Gasteiger partial charge is 0.504 e. The second kappa shape index (κ2) is 7.81. The second-order valence-corrected chi connectivity index (χ2v) is 6.21. The highest BCUT2D eigenvalue weighted by Crippen LogP contribution is 2.35. The van der Waals surface area contributed by atoms with Crippen LogP contribution in [-0.4, -0.2) is 20.3 Å². The molecule has 5 nitrogen and oxygen atoms in total. The Labute approximate surface area is 152 Å². The summed E-state index contributed by atoms with van der Waals surface area (Å²) < 4.78 is 0.891. The van der Waals surface area contributed by atoms with Gasteiger partial charge in [-0.05, 0) is 41.5 Å². The summed E-state index contributed by atoms with van der Waals surface area (Å²) >= 11 is 8.57. The van der Waals surface area contributed by atoms with Crippen LogP contribution in [0.25, 0.3) is 6.08 Å². The molecular weight excluding hydrogens is 392 g/mol. The van der Waals surface area contributed by atoms with E-state index in [2.05, 4.69) is 21.2 Å². The van der Waals surface area contributed by atoms with Crippen LogP contribution in [0.4, 0.5) is 0 Å². The van der Waals surface area contributed by atoms with Gasteiger partial charge in [-0.25, -0.2) is 0 Å². The van der Waals surface area contributed by atoms with Gasteiger partial charge in [0, 0.05) is 11.0 Å². The van der Waals surface area contributed by atoms with Gasteiger partial charge in [-0.3, -0.25) is 0 Å². The van der Waals surface area contributed by atoms with Crippen LogP contribution in [0.15, 0.2) is 46.4 Å². The van der Waals surface area contributed by atoms with Crippen molar-refractivity contribution in [3.05, 3.63) is 57.6 Å². The third-order valence-electron chi connectivity index (χ3n) is 3.11. The molecular formula is C17H13BrN2O3S. The van der Waals surface area contributed by atoms with Gasteiger partial charge in [-0.1, -0.05) is 40.3 Å². The Balaban J connectivity index is 2.12. The Bertz CT molecular complexity index is 836. The molecule has 0 saturated carbocycles. The molecule has 0 amide bonds. The van der Waals surface area contributed by atoms with E-state index in [4.69, 9.17) is 12.2 Å². The zero-order valence-corrected chi connectivity index (χ0v) is 14.7. The second-order valence-electron chi connectivity index (χ2n) is 4.89. The van der Waals surface area contributed by atoms with Gasteiger partial charge in [0.15, 0.2) is 17.2 Å². The number of phenolic OH excluding ortho intramolecular Hbond substituents is 3. The lowest BCUT2D eigenvalue weighted by Crippen LogP contribution is -2.22. The lowest BCUT2D eigenvalue weighted by atomic mass is 10.1. The number of hydrogen-bond donors (Lipinski definition) is 4. The Hall–Kier alpha value is -2.56. The molecule has 0 aliphatic carbocycles. The first kappa shape index (κ1) is 17.8. The van der Waals surface area contributed by atoms with Gasteiger partial charge in [-0.2, -0.15) is 5.26 Å². The average molecular weight is 405 g/mol. The van der Waals surface area contributed by atoms with Gasteiger partial charge in [0.2, 0.25) is 0 Å². The molecule has 0 unspecified atom stereocenters. The first-order chi connectivity index (χ1) is 11.4. The number of phenols is 3. The number of thiocarbonyl (C=S) groups is 1. The molecule has 0 radical (unpaired) electrons. The van der Waals surface area contributed by atoms with Crippen LogP contribution in [0.2, 0.25) is 0 Å². The summed E-state index contributed by atoms with van der Waals surface area (Å²) in [5.74, 6) is -1.43. The van der Waals surface area contributed by atoms with E-state index in [0.29, 0.717) is 5.56 Å². The topological polar surface area (TPSA) is 96.5 Å². The van der Waals surface area contributed by atoms with Crippen LogP contribution in [0.3, 0.4) is 0 Å². The average Bonchev–Trinajstić information content (AvgIpc) is 2.55. The first-order valence-electron chi connectivity index (χ1n) is 6.80. The molecule has 0 saturated heterocycles. The van der Waals surface area contributed by atoms with E-state index in [1.54, 1.807) is 6.08 Å². The summed E-state index contributed by atoms with van der Waals surface area (Å²) in [5.41, 5.74) is 1.62. The van der Waals surface area contributed by atoms with Gasteiger partial charge in [-0.15, -0.1) is 0 Å². The fourth-order valence-corrected chi connectivity index (χ4v) is 2.55. The van der Waals surface area contributed by atoms with Crippen LogP contribution >= 0.6 is 28.1 Å². The Morgan fingerprint density at radius 3 is 2.46 bits per heavy atom. The van der Waals surface area contributed by atoms with Gasteiger partial charge in [0.05, 0.1) is 5.57 Å². The molecule has 0 fully saturated rings. The zero-order valence-electron chi connectivity index (χ0n) is 12.3. The van der Waals surface area contributed by atoms with Crippen LogP contribution in [0.1, 0.15) is 11.1 Å². The number of nitrogens with zero attached hydrogens (tertiary/aromatic N) is 1. The molecule has 0 aromatic heterocycles. The highest BCUT2D eigenvalue weighted by molar-refractivity contribution is 9.10. The lowest BCUT2D eigenvalue weighted by Gasteiger charge is -2.09. The van der Waals surface area contributed by atoms with Crippen molar-refractivity contribution in [1.29, 1.82) is 5.26 Å². The van der Waals surface area contributed by atoms with E-state index in [9.17, 15) is 20.6 Å². The highest BCUT2D eigenvalue weighted by Gasteiger charge is 2.09. The molecule has 0 aliphatic heterocycles. The van der Waals surface area contributed by atoms with E-state index < -0.39 is 17.2 Å². The van der Waals surface area contributed by atoms with E-state index in [1.165, 1.54) is 12.1 Å². The van der Waals surface area contributed by atoms with Crippen molar-refractivity contribution in [2.45, 2.75) is 6.54 Å². The highest BCUT2D eigenvalue weighted by atomic mass is 79.9. The number of aromatic hydroxyl groups is 3. The Kier molecular flexibility index (Phi) is 5.79. The molecule has 7 heteroatoms. The number of nitrogens with one attached hydrogen (secondary N) is 1. The molecule has 24 heavy (non-hydrogen) atoms. The van der Waals surface area contributed by atoms with Crippen molar-refractivity contribution in [3.8, 4) is 23.3 Å². The summed E-state index contributed by atoms with van der Waals surface area (Å²) in [5, 5.41) is 40.4. The zero-order chi connectivity index (χ0) is 17.7. The number of hydrogen-bond acceptors (Lipinski definition) is 5. The molecule has 2 aromatic rings. The Morgan fingerprint density at radius 2 is 1.88 bits per heavy atom. The van der Waals surface area contributed by atoms with E-state index in [1.807, 2.05) is 30.3 Å². The van der Waals surface area contributed by atoms with Crippen molar-refractivity contribution in [2.75, 3.05) is 0 Å². The molecule has 4 N–H and O–H groups in total. The maximum atomic E-state index is 9.48. The predicted octanol–water partition coefficient (Wildman–Crippen LogP) is 3.59. The summed E-state index contributed by atoms with van der Waals surface area (Å²) in [4.78, 5) is 0.240. The molecule has 0 heterocycles. The van der Waals surface area contributed by atoms with Gasteiger partial charge >= 0.3 is 0 Å². The van der Waals surface area contributed by atoms with Crippen molar-refractivity contribution in [3.63, 3.8) is 0 Å². The standard InChI is InChI=1S/C17H13BrN2O3S/c18-13-3-1-2-10(5-13)4-12(8-19)17(24)20-9-11-6-14(21)16(23)15(22)7-11/h1-7,21-23H,9H2,(H,20,24)/b12-4+. The Morgan fingerprint density at radius 1 is 1.21 bits per heavy atom. The third-order valence-corrected chi connectivity index (χ3v) is 3.96. The van der Waals surface area contributed by atoms with Gasteiger partial charge in [0.1, 0.15) is 11.1 Å². The number of nitriles is 1. The normalized spacial score (nSPS) is 10.9. The van der Waals surface area contributed by atoms with Crippen molar-refractivity contribution >= 4 is 39.2 Å². The van der Waals surface area contributed by atoms with Gasteiger partial charge < -0.3 is 20.6 Å². The summed E-state index contributed by atoms with van der Waals surface area (Å²) in [6.45, 7) is 0.178. The fraction of sp³-hybridized carbons (Fsp3) is 0.0588. The molecule has 0 aliphatic rings. The minimum Gasteiger partial charge on any atom is -0.504 e. The smallest absolute Gasteiger partial charge is 0.200 e. The number of rotatable bonds is 4. The summed E-state index contributed by atoms with van der Waals surface area (Å²) in [7, 11) is 0. The minimum absolute atomic E-state index is 0.178. The molecule has 0 bridgehead atoms. The van der Waals surface area contributed by atoms with Gasteiger partial charge in [0.25, 0.3) is 0 Å². The molecule has 0 atom stereocenters. The number of halogens is 1. The predicted molar refractivity (Wildman–Crippen MR) is 98.6 cm³/mol. The molecule has 2 aromatic carbocycles.